The van der Waals surface area contributed by atoms with E-state index in [1.54, 1.807) is 24.5 Å². The molecule has 1 aromatic heterocycles. The molecule has 1 aromatic carbocycles. The van der Waals surface area contributed by atoms with Crippen molar-refractivity contribution in [1.29, 1.82) is 0 Å². The maximum absolute atomic E-state index is 12.1. The molecule has 0 radical (unpaired) electrons. The summed E-state index contributed by atoms with van der Waals surface area (Å²) >= 11 is 3.19. The number of nitrogens with two attached hydrogens (primary N) is 1. The predicted octanol–water partition coefficient (Wildman–Crippen LogP) is 1.23. The Kier molecular flexibility index (Phi) is 3.69. The first kappa shape index (κ1) is 13.1. The van der Waals surface area contributed by atoms with Gasteiger partial charge < -0.3 is 10.7 Å². The number of hydrogen-bond donors (Lipinski definition) is 3. The maximum Gasteiger partial charge on any atom is 0.242 e. The third kappa shape index (κ3) is 2.89. The highest BCUT2D eigenvalue weighted by atomic mass is 79.9. The first-order chi connectivity index (χ1) is 8.49. The highest BCUT2D eigenvalue weighted by molar-refractivity contribution is 9.10. The molecule has 0 aliphatic rings. The van der Waals surface area contributed by atoms with Crippen LogP contribution in [0.1, 0.15) is 5.82 Å². The number of H-pyrrole nitrogens is 1. The lowest BCUT2D eigenvalue weighted by molar-refractivity contribution is 0.579. The summed E-state index contributed by atoms with van der Waals surface area (Å²) in [6.45, 7) is 0.0938. The fraction of sp³-hybridized carbons (Fsp3) is 0.100. The number of hydrogen-bond acceptors (Lipinski definition) is 4. The summed E-state index contributed by atoms with van der Waals surface area (Å²) in [5.41, 5.74) is 5.97. The van der Waals surface area contributed by atoms with E-state index in [1.165, 1.54) is 6.07 Å². The van der Waals surface area contributed by atoms with Gasteiger partial charge in [-0.25, -0.2) is 18.1 Å². The van der Waals surface area contributed by atoms with Crippen molar-refractivity contribution in [2.75, 3.05) is 5.73 Å². The van der Waals surface area contributed by atoms with Crippen molar-refractivity contribution in [3.63, 3.8) is 0 Å². The second kappa shape index (κ2) is 5.09. The van der Waals surface area contributed by atoms with Crippen LogP contribution in [0.25, 0.3) is 0 Å². The minimum Gasteiger partial charge on any atom is -0.399 e. The zero-order valence-electron chi connectivity index (χ0n) is 9.22. The zero-order chi connectivity index (χ0) is 13.2. The molecule has 0 bridgehead atoms. The summed E-state index contributed by atoms with van der Waals surface area (Å²) in [5.74, 6) is 0.540. The van der Waals surface area contributed by atoms with Gasteiger partial charge in [0, 0.05) is 22.6 Å². The summed E-state index contributed by atoms with van der Waals surface area (Å²) in [4.78, 5) is 6.85. The molecule has 2 aromatic rings. The molecule has 8 heteroatoms. The van der Waals surface area contributed by atoms with Crippen molar-refractivity contribution in [2.45, 2.75) is 11.4 Å². The Bertz CT molecular complexity index is 640. The van der Waals surface area contributed by atoms with Crippen LogP contribution in [0.2, 0.25) is 0 Å². The first-order valence-electron chi connectivity index (χ1n) is 5.02. The van der Waals surface area contributed by atoms with Gasteiger partial charge in [0.15, 0.2) is 0 Å². The van der Waals surface area contributed by atoms with Crippen LogP contribution in [0, 0.1) is 0 Å². The molecule has 6 nitrogen and oxygen atoms in total. The Morgan fingerprint density at radius 1 is 1.44 bits per heavy atom. The van der Waals surface area contributed by atoms with Crippen LogP contribution >= 0.6 is 15.9 Å². The van der Waals surface area contributed by atoms with Crippen molar-refractivity contribution in [3.8, 4) is 0 Å². The van der Waals surface area contributed by atoms with Crippen LogP contribution in [0.3, 0.4) is 0 Å². The molecule has 1 heterocycles. The number of imidazole rings is 1. The van der Waals surface area contributed by atoms with Gasteiger partial charge in [-0.1, -0.05) is 0 Å². The van der Waals surface area contributed by atoms with Gasteiger partial charge in [0.25, 0.3) is 0 Å². The highest BCUT2D eigenvalue weighted by Crippen LogP contribution is 2.24. The van der Waals surface area contributed by atoms with E-state index < -0.39 is 10.0 Å². The van der Waals surface area contributed by atoms with Crippen LogP contribution in [0.4, 0.5) is 5.69 Å². The highest BCUT2D eigenvalue weighted by Gasteiger charge is 2.17. The van der Waals surface area contributed by atoms with Crippen molar-refractivity contribution >= 4 is 31.6 Å². The molecule has 0 fully saturated rings. The number of rotatable bonds is 4. The maximum atomic E-state index is 12.1. The van der Waals surface area contributed by atoms with Gasteiger partial charge in [-0.15, -0.1) is 0 Å². The molecule has 0 spiro atoms. The number of aromatic nitrogens is 2. The standard InChI is InChI=1S/C10H11BrN4O2S/c11-8-2-1-7(12)5-9(8)18(16,17)15-6-10-13-3-4-14-10/h1-5,15H,6,12H2,(H,13,14). The summed E-state index contributed by atoms with van der Waals surface area (Å²) in [7, 11) is -3.63. The van der Waals surface area contributed by atoms with E-state index in [1.807, 2.05) is 0 Å². The predicted molar refractivity (Wildman–Crippen MR) is 71.2 cm³/mol. The number of nitrogens with zero attached hydrogens (tertiary/aromatic N) is 1. The molecular weight excluding hydrogens is 320 g/mol. The molecule has 0 saturated heterocycles. The molecular formula is C10H11BrN4O2S. The van der Waals surface area contributed by atoms with E-state index in [4.69, 9.17) is 5.73 Å². The van der Waals surface area contributed by atoms with E-state index >= 15 is 0 Å². The number of benzene rings is 1. The number of halogens is 1. The Labute approximate surface area is 113 Å². The lowest BCUT2D eigenvalue weighted by Gasteiger charge is -2.08. The molecule has 0 atom stereocenters. The third-order valence-corrected chi connectivity index (χ3v) is 4.62. The number of aromatic amines is 1. The molecule has 2 rings (SSSR count). The van der Waals surface area contributed by atoms with Crippen LogP contribution in [-0.4, -0.2) is 18.4 Å². The van der Waals surface area contributed by atoms with Gasteiger partial charge in [0.1, 0.15) is 5.82 Å². The SMILES string of the molecule is Nc1ccc(Br)c(S(=O)(=O)NCc2ncc[nH]2)c1. The topological polar surface area (TPSA) is 101 Å². The van der Waals surface area contributed by atoms with Gasteiger partial charge in [-0.2, -0.15) is 0 Å². The van der Waals surface area contributed by atoms with Crippen LogP contribution in [-0.2, 0) is 16.6 Å². The largest absolute Gasteiger partial charge is 0.399 e. The second-order valence-electron chi connectivity index (χ2n) is 3.55. The molecule has 18 heavy (non-hydrogen) atoms. The molecule has 0 aliphatic heterocycles. The molecule has 96 valence electrons. The Balaban J connectivity index is 2.22. The number of sulfonamides is 1. The summed E-state index contributed by atoms with van der Waals surface area (Å²) < 4.78 is 27.0. The van der Waals surface area contributed by atoms with E-state index in [0.29, 0.717) is 16.0 Å². The Hall–Kier alpha value is -1.38. The fourth-order valence-corrected chi connectivity index (χ4v) is 3.35. The smallest absolute Gasteiger partial charge is 0.242 e. The number of nitrogens with one attached hydrogen (secondary N) is 2. The summed E-state index contributed by atoms with van der Waals surface area (Å²) in [6, 6.07) is 4.61. The minimum absolute atomic E-state index is 0.0938. The average Bonchev–Trinajstić information content (AvgIpc) is 2.83. The third-order valence-electron chi connectivity index (χ3n) is 2.23. The summed E-state index contributed by atoms with van der Waals surface area (Å²) in [6.07, 6.45) is 3.18. The fourth-order valence-electron chi connectivity index (χ4n) is 1.36. The second-order valence-corrected chi connectivity index (χ2v) is 6.14. The van der Waals surface area contributed by atoms with Gasteiger partial charge in [0.05, 0.1) is 11.4 Å². The molecule has 0 saturated carbocycles. The number of anilines is 1. The van der Waals surface area contributed by atoms with Crippen LogP contribution < -0.4 is 10.5 Å². The van der Waals surface area contributed by atoms with Crippen LogP contribution in [0.15, 0.2) is 40.0 Å². The van der Waals surface area contributed by atoms with Crippen molar-refractivity contribution in [2.24, 2.45) is 0 Å². The van der Waals surface area contributed by atoms with E-state index in [0.717, 1.165) is 0 Å². The van der Waals surface area contributed by atoms with E-state index in [2.05, 4.69) is 30.6 Å². The average molecular weight is 331 g/mol. The normalized spacial score (nSPS) is 11.6. The first-order valence-corrected chi connectivity index (χ1v) is 7.29. The quantitative estimate of drug-likeness (QED) is 0.734. The molecule has 4 N–H and O–H groups in total. The van der Waals surface area contributed by atoms with Gasteiger partial charge in [-0.05, 0) is 34.1 Å². The van der Waals surface area contributed by atoms with Gasteiger partial charge in [-0.3, -0.25) is 0 Å². The molecule has 0 unspecified atom stereocenters. The van der Waals surface area contributed by atoms with Crippen molar-refractivity contribution < 1.29 is 8.42 Å². The van der Waals surface area contributed by atoms with Gasteiger partial charge >= 0.3 is 0 Å². The zero-order valence-corrected chi connectivity index (χ0v) is 11.6. The Morgan fingerprint density at radius 2 is 2.22 bits per heavy atom. The van der Waals surface area contributed by atoms with Crippen molar-refractivity contribution in [1.82, 2.24) is 14.7 Å². The summed E-state index contributed by atoms with van der Waals surface area (Å²) in [5, 5.41) is 0. The Morgan fingerprint density at radius 3 is 2.89 bits per heavy atom. The van der Waals surface area contributed by atoms with Crippen molar-refractivity contribution in [3.05, 3.63) is 40.9 Å². The van der Waals surface area contributed by atoms with Crippen LogP contribution in [0.5, 0.6) is 0 Å². The lowest BCUT2D eigenvalue weighted by Crippen LogP contribution is -2.24. The number of nitrogen functional groups attached to an aromatic ring is 1. The van der Waals surface area contributed by atoms with Gasteiger partial charge in [0.2, 0.25) is 10.0 Å². The lowest BCUT2D eigenvalue weighted by atomic mass is 10.3. The van der Waals surface area contributed by atoms with E-state index in [9.17, 15) is 8.42 Å². The monoisotopic (exact) mass is 330 g/mol. The molecule has 0 amide bonds. The van der Waals surface area contributed by atoms with E-state index in [-0.39, 0.29) is 11.4 Å². The molecule has 0 aliphatic carbocycles. The minimum atomic E-state index is -3.63.